The smallest absolute Gasteiger partial charge is 0.354 e. The standard InChI is InChI=1S/C18H16N4O5S/c1-10-9-28-18-20-16(24)15(21-22(10)18)11-6-4-5-7-12(11)19-13(17(25)27-3)8-14(23)26-2/h4-9,19H,1-3H3/b13-8+. The molecule has 0 radical (unpaired) electrons. The van der Waals surface area contributed by atoms with E-state index in [4.69, 9.17) is 4.74 Å². The Morgan fingerprint density at radius 3 is 2.68 bits per heavy atom. The molecule has 0 saturated heterocycles. The second kappa shape index (κ2) is 8.01. The van der Waals surface area contributed by atoms with Crippen LogP contribution in [-0.2, 0) is 19.1 Å². The Morgan fingerprint density at radius 2 is 1.96 bits per heavy atom. The Morgan fingerprint density at radius 1 is 1.21 bits per heavy atom. The van der Waals surface area contributed by atoms with Crippen molar-refractivity contribution in [3.8, 4) is 11.3 Å². The van der Waals surface area contributed by atoms with Crippen LogP contribution in [0.25, 0.3) is 16.2 Å². The Labute approximate surface area is 163 Å². The molecule has 2 heterocycles. The molecule has 28 heavy (non-hydrogen) atoms. The monoisotopic (exact) mass is 400 g/mol. The number of rotatable bonds is 5. The number of benzene rings is 1. The number of hydrogen-bond donors (Lipinski definition) is 1. The highest BCUT2D eigenvalue weighted by Gasteiger charge is 2.18. The van der Waals surface area contributed by atoms with Crippen molar-refractivity contribution in [2.24, 2.45) is 0 Å². The van der Waals surface area contributed by atoms with E-state index in [-0.39, 0.29) is 11.4 Å². The van der Waals surface area contributed by atoms with Crippen molar-refractivity contribution in [3.63, 3.8) is 0 Å². The minimum atomic E-state index is -0.771. The zero-order valence-corrected chi connectivity index (χ0v) is 16.1. The molecule has 0 saturated carbocycles. The van der Waals surface area contributed by atoms with E-state index in [9.17, 15) is 14.4 Å². The zero-order chi connectivity index (χ0) is 20.3. The van der Waals surface area contributed by atoms with Gasteiger partial charge in [0.25, 0.3) is 0 Å². The third-order valence-corrected chi connectivity index (χ3v) is 4.70. The first-order valence-corrected chi connectivity index (χ1v) is 8.92. The molecule has 10 heteroatoms. The summed E-state index contributed by atoms with van der Waals surface area (Å²) in [5.74, 6) is -1.51. The Hall–Kier alpha value is -3.53. The Kier molecular flexibility index (Phi) is 5.50. The van der Waals surface area contributed by atoms with Crippen LogP contribution in [0.5, 0.6) is 0 Å². The minimum Gasteiger partial charge on any atom is -0.466 e. The average molecular weight is 400 g/mol. The topological polar surface area (TPSA) is 112 Å². The van der Waals surface area contributed by atoms with Gasteiger partial charge in [0.1, 0.15) is 5.70 Å². The summed E-state index contributed by atoms with van der Waals surface area (Å²) in [7, 11) is 2.38. The van der Waals surface area contributed by atoms with Gasteiger partial charge in [-0.1, -0.05) is 18.2 Å². The molecule has 2 aromatic heterocycles. The number of esters is 2. The van der Waals surface area contributed by atoms with Gasteiger partial charge in [0.15, 0.2) is 5.69 Å². The first-order valence-electron chi connectivity index (χ1n) is 8.04. The number of aryl methyl sites for hydroxylation is 1. The van der Waals surface area contributed by atoms with Crippen LogP contribution in [0.4, 0.5) is 5.69 Å². The zero-order valence-electron chi connectivity index (χ0n) is 15.3. The summed E-state index contributed by atoms with van der Waals surface area (Å²) in [6, 6.07) is 6.73. The highest BCUT2D eigenvalue weighted by Crippen LogP contribution is 2.26. The van der Waals surface area contributed by atoms with Crippen LogP contribution in [0.2, 0.25) is 0 Å². The number of anilines is 1. The van der Waals surface area contributed by atoms with Crippen molar-refractivity contribution in [1.82, 2.24) is 14.6 Å². The molecule has 3 aromatic rings. The highest BCUT2D eigenvalue weighted by atomic mass is 32.1. The van der Waals surface area contributed by atoms with Crippen molar-refractivity contribution in [3.05, 3.63) is 57.5 Å². The number of para-hydroxylation sites is 1. The number of methoxy groups -OCH3 is 2. The number of nitrogens with one attached hydrogen (secondary N) is 1. The third-order valence-electron chi connectivity index (χ3n) is 3.77. The number of hydrogen-bond acceptors (Lipinski definition) is 9. The first kappa shape index (κ1) is 19.2. The first-order chi connectivity index (χ1) is 13.4. The summed E-state index contributed by atoms with van der Waals surface area (Å²) < 4.78 is 10.8. The maximum Gasteiger partial charge on any atom is 0.354 e. The summed E-state index contributed by atoms with van der Waals surface area (Å²) in [5, 5.41) is 9.06. The van der Waals surface area contributed by atoms with E-state index >= 15 is 0 Å². The van der Waals surface area contributed by atoms with E-state index in [2.05, 4.69) is 20.1 Å². The van der Waals surface area contributed by atoms with E-state index in [1.807, 2.05) is 12.3 Å². The molecule has 0 atom stereocenters. The largest absolute Gasteiger partial charge is 0.466 e. The second-order valence-corrected chi connectivity index (χ2v) is 6.42. The summed E-state index contributed by atoms with van der Waals surface area (Å²) in [6.45, 7) is 1.85. The van der Waals surface area contributed by atoms with Gasteiger partial charge in [-0.3, -0.25) is 4.79 Å². The maximum atomic E-state index is 12.5. The molecule has 1 N–H and O–H groups in total. The summed E-state index contributed by atoms with van der Waals surface area (Å²) in [4.78, 5) is 40.6. The van der Waals surface area contributed by atoms with Crippen LogP contribution in [0.3, 0.4) is 0 Å². The molecule has 9 nitrogen and oxygen atoms in total. The molecule has 0 unspecified atom stereocenters. The predicted octanol–water partition coefficient (Wildman–Crippen LogP) is 1.77. The fraction of sp³-hybridized carbons (Fsp3) is 0.167. The van der Waals surface area contributed by atoms with Crippen molar-refractivity contribution >= 4 is 33.9 Å². The van der Waals surface area contributed by atoms with E-state index in [0.29, 0.717) is 16.2 Å². The molecule has 0 aliphatic rings. The quantitative estimate of drug-likeness (QED) is 0.509. The summed E-state index contributed by atoms with van der Waals surface area (Å²) in [6.07, 6.45) is 0.966. The lowest BCUT2D eigenvalue weighted by atomic mass is 10.1. The number of thiazole rings is 1. The Balaban J connectivity index is 2.11. The van der Waals surface area contributed by atoms with Crippen LogP contribution in [-0.4, -0.2) is 40.8 Å². The molecule has 0 amide bonds. The van der Waals surface area contributed by atoms with Crippen LogP contribution >= 0.6 is 11.3 Å². The van der Waals surface area contributed by atoms with E-state index in [0.717, 1.165) is 11.8 Å². The van der Waals surface area contributed by atoms with E-state index < -0.39 is 17.5 Å². The lowest BCUT2D eigenvalue weighted by Gasteiger charge is -2.13. The molecule has 0 fully saturated rings. The van der Waals surface area contributed by atoms with Gasteiger partial charge in [-0.05, 0) is 13.0 Å². The molecule has 3 rings (SSSR count). The molecule has 0 aliphatic heterocycles. The number of ether oxygens (including phenoxy) is 2. The predicted molar refractivity (Wildman–Crippen MR) is 103 cm³/mol. The lowest BCUT2D eigenvalue weighted by Crippen LogP contribution is -2.18. The fourth-order valence-corrected chi connectivity index (χ4v) is 3.21. The number of carbonyl (C=O) groups is 2. The average Bonchev–Trinajstić information content (AvgIpc) is 3.06. The van der Waals surface area contributed by atoms with Gasteiger partial charge in [-0.25, -0.2) is 14.1 Å². The highest BCUT2D eigenvalue weighted by molar-refractivity contribution is 7.15. The van der Waals surface area contributed by atoms with Crippen molar-refractivity contribution in [2.45, 2.75) is 6.92 Å². The van der Waals surface area contributed by atoms with Crippen molar-refractivity contribution in [1.29, 1.82) is 0 Å². The van der Waals surface area contributed by atoms with Crippen LogP contribution in [0.1, 0.15) is 5.69 Å². The van der Waals surface area contributed by atoms with Gasteiger partial charge in [-0.15, -0.1) is 11.3 Å². The van der Waals surface area contributed by atoms with Crippen LogP contribution in [0, 0.1) is 6.92 Å². The number of carbonyl (C=O) groups excluding carboxylic acids is 2. The van der Waals surface area contributed by atoms with Gasteiger partial charge in [0, 0.05) is 16.6 Å². The third kappa shape index (κ3) is 3.76. The van der Waals surface area contributed by atoms with Crippen molar-refractivity contribution < 1.29 is 19.1 Å². The Bertz CT molecular complexity index is 1150. The second-order valence-electron chi connectivity index (χ2n) is 5.58. The molecule has 0 bridgehead atoms. The normalized spacial score (nSPS) is 11.3. The number of fused-ring (bicyclic) bond motifs is 1. The van der Waals surface area contributed by atoms with Gasteiger partial charge in [-0.2, -0.15) is 10.1 Å². The SMILES string of the molecule is COC(=O)/C=C(/Nc1ccccc1-c1nn2c(C)csc2nc1=O)C(=O)OC. The molecule has 144 valence electrons. The van der Waals surface area contributed by atoms with Crippen molar-refractivity contribution in [2.75, 3.05) is 19.5 Å². The van der Waals surface area contributed by atoms with Gasteiger partial charge >= 0.3 is 17.5 Å². The molecule has 1 aromatic carbocycles. The summed E-state index contributed by atoms with van der Waals surface area (Å²) >= 11 is 1.32. The molecule has 0 aliphatic carbocycles. The molecular formula is C18H16N4O5S. The maximum absolute atomic E-state index is 12.5. The van der Waals surface area contributed by atoms with E-state index in [1.54, 1.807) is 28.8 Å². The molecule has 0 spiro atoms. The lowest BCUT2D eigenvalue weighted by molar-refractivity contribution is -0.138. The number of aromatic nitrogens is 3. The summed E-state index contributed by atoms with van der Waals surface area (Å²) in [5.41, 5.74) is 1.07. The van der Waals surface area contributed by atoms with Gasteiger partial charge in [0.2, 0.25) is 4.96 Å². The number of nitrogens with zero attached hydrogens (tertiary/aromatic N) is 3. The van der Waals surface area contributed by atoms with Crippen LogP contribution in [0.15, 0.2) is 46.2 Å². The van der Waals surface area contributed by atoms with Gasteiger partial charge < -0.3 is 14.8 Å². The van der Waals surface area contributed by atoms with Gasteiger partial charge in [0.05, 0.1) is 26.0 Å². The van der Waals surface area contributed by atoms with E-state index in [1.165, 1.54) is 25.6 Å². The fourth-order valence-electron chi connectivity index (χ4n) is 2.41. The molecular weight excluding hydrogens is 384 g/mol. The minimum absolute atomic E-state index is 0.101. The van der Waals surface area contributed by atoms with Crippen LogP contribution < -0.4 is 10.9 Å².